The lowest BCUT2D eigenvalue weighted by Gasteiger charge is -2.40. The van der Waals surface area contributed by atoms with Crippen molar-refractivity contribution in [2.24, 2.45) is 0 Å². The highest BCUT2D eigenvalue weighted by atomic mass is 16.6. The molecule has 0 aromatic heterocycles. The van der Waals surface area contributed by atoms with E-state index >= 15 is 0 Å². The molecular weight excluding hydrogens is 424 g/mol. The van der Waals surface area contributed by atoms with E-state index in [1.807, 2.05) is 43.3 Å². The van der Waals surface area contributed by atoms with E-state index in [4.69, 9.17) is 9.47 Å². The minimum atomic E-state index is -0.672. The zero-order valence-corrected chi connectivity index (χ0v) is 18.4. The van der Waals surface area contributed by atoms with Crippen LogP contribution in [0.3, 0.4) is 0 Å². The number of para-hydroxylation sites is 4. The fourth-order valence-electron chi connectivity index (χ4n) is 4.49. The molecule has 0 saturated carbocycles. The van der Waals surface area contributed by atoms with Gasteiger partial charge in [0.15, 0.2) is 11.5 Å². The van der Waals surface area contributed by atoms with Crippen molar-refractivity contribution in [2.75, 3.05) is 49.5 Å². The van der Waals surface area contributed by atoms with Gasteiger partial charge in [0.05, 0.1) is 17.4 Å². The van der Waals surface area contributed by atoms with Crippen molar-refractivity contribution in [1.29, 1.82) is 0 Å². The Morgan fingerprint density at radius 1 is 1.00 bits per heavy atom. The molecule has 1 N–H and O–H groups in total. The zero-order valence-electron chi connectivity index (χ0n) is 18.4. The van der Waals surface area contributed by atoms with Crippen LogP contribution < -0.4 is 19.7 Å². The zero-order chi connectivity index (χ0) is 22.9. The monoisotopic (exact) mass is 450 g/mol. The quantitative estimate of drug-likeness (QED) is 0.759. The number of fused-ring (bicyclic) bond motifs is 2. The molecule has 3 aliphatic heterocycles. The second kappa shape index (κ2) is 8.74. The van der Waals surface area contributed by atoms with Gasteiger partial charge in [-0.2, -0.15) is 0 Å². The highest BCUT2D eigenvalue weighted by Crippen LogP contribution is 2.32. The van der Waals surface area contributed by atoms with E-state index in [0.29, 0.717) is 49.1 Å². The van der Waals surface area contributed by atoms with Crippen molar-refractivity contribution in [1.82, 2.24) is 9.80 Å². The molecule has 9 nitrogen and oxygen atoms in total. The van der Waals surface area contributed by atoms with Crippen molar-refractivity contribution in [3.8, 4) is 11.5 Å². The van der Waals surface area contributed by atoms with Gasteiger partial charge in [0.1, 0.15) is 13.2 Å². The van der Waals surface area contributed by atoms with Gasteiger partial charge in [0, 0.05) is 26.2 Å². The summed E-state index contributed by atoms with van der Waals surface area (Å²) in [4.78, 5) is 43.7. The molecular formula is C24H26N4O5. The fourth-order valence-corrected chi connectivity index (χ4v) is 4.49. The van der Waals surface area contributed by atoms with Crippen LogP contribution in [-0.4, -0.2) is 79.0 Å². The number of nitrogens with zero attached hydrogens (tertiary/aromatic N) is 3. The number of rotatable bonds is 3. The normalized spacial score (nSPS) is 21.1. The van der Waals surface area contributed by atoms with Crippen molar-refractivity contribution in [3.05, 3.63) is 48.5 Å². The van der Waals surface area contributed by atoms with Crippen LogP contribution in [0.5, 0.6) is 11.5 Å². The van der Waals surface area contributed by atoms with Gasteiger partial charge in [0.2, 0.25) is 17.9 Å². The summed E-state index contributed by atoms with van der Waals surface area (Å²) in [5.74, 6) is 0.779. The molecule has 3 aliphatic rings. The summed E-state index contributed by atoms with van der Waals surface area (Å²) in [5, 5.41) is 2.81. The number of ether oxygens (including phenoxy) is 2. The summed E-state index contributed by atoms with van der Waals surface area (Å²) in [5.41, 5.74) is 1.35. The van der Waals surface area contributed by atoms with Crippen LogP contribution in [-0.2, 0) is 14.4 Å². The Bertz CT molecular complexity index is 1080. The first-order chi connectivity index (χ1) is 16.0. The molecule has 5 rings (SSSR count). The molecule has 2 atom stereocenters. The van der Waals surface area contributed by atoms with E-state index in [1.54, 1.807) is 21.9 Å². The number of carbonyl (C=O) groups is 3. The maximum atomic E-state index is 13.3. The molecule has 1 fully saturated rings. The third-order valence-corrected chi connectivity index (χ3v) is 6.35. The molecule has 0 spiro atoms. The van der Waals surface area contributed by atoms with Crippen LogP contribution in [0.2, 0.25) is 0 Å². The van der Waals surface area contributed by atoms with Gasteiger partial charge in [-0.1, -0.05) is 24.3 Å². The molecule has 0 radical (unpaired) electrons. The Morgan fingerprint density at radius 3 is 2.48 bits per heavy atom. The Morgan fingerprint density at radius 2 is 1.70 bits per heavy atom. The van der Waals surface area contributed by atoms with Gasteiger partial charge in [-0.05, 0) is 31.2 Å². The molecule has 1 saturated heterocycles. The van der Waals surface area contributed by atoms with Crippen LogP contribution in [0.1, 0.15) is 6.92 Å². The van der Waals surface area contributed by atoms with Gasteiger partial charge < -0.3 is 19.7 Å². The van der Waals surface area contributed by atoms with E-state index < -0.39 is 12.1 Å². The van der Waals surface area contributed by atoms with Crippen LogP contribution in [0.15, 0.2) is 48.5 Å². The lowest BCUT2D eigenvalue weighted by Crippen LogP contribution is -2.58. The van der Waals surface area contributed by atoms with E-state index in [2.05, 4.69) is 10.2 Å². The SMILES string of the molecule is C[C@H](C(=O)N1CC(=O)Nc2ccccc21)N1CCN(C(=O)[C@@H]2COc3ccccc3O2)CC1. The number of carbonyl (C=O) groups excluding carboxylic acids is 3. The number of hydrogen-bond donors (Lipinski definition) is 1. The van der Waals surface area contributed by atoms with Crippen molar-refractivity contribution in [2.45, 2.75) is 19.1 Å². The molecule has 172 valence electrons. The first-order valence-electron chi connectivity index (χ1n) is 11.1. The Kier molecular flexibility index (Phi) is 5.63. The lowest BCUT2D eigenvalue weighted by atomic mass is 10.1. The maximum absolute atomic E-state index is 13.3. The van der Waals surface area contributed by atoms with Crippen LogP contribution in [0.4, 0.5) is 11.4 Å². The molecule has 2 aromatic carbocycles. The van der Waals surface area contributed by atoms with Gasteiger partial charge in [-0.25, -0.2) is 0 Å². The third-order valence-electron chi connectivity index (χ3n) is 6.35. The summed E-state index contributed by atoms with van der Waals surface area (Å²) < 4.78 is 11.5. The van der Waals surface area contributed by atoms with E-state index in [9.17, 15) is 14.4 Å². The van der Waals surface area contributed by atoms with Crippen molar-refractivity contribution >= 4 is 29.1 Å². The molecule has 2 aromatic rings. The largest absolute Gasteiger partial charge is 0.485 e. The number of amides is 3. The number of piperazine rings is 1. The highest BCUT2D eigenvalue weighted by Gasteiger charge is 2.36. The molecule has 0 unspecified atom stereocenters. The smallest absolute Gasteiger partial charge is 0.267 e. The maximum Gasteiger partial charge on any atom is 0.267 e. The van der Waals surface area contributed by atoms with Crippen molar-refractivity contribution in [3.63, 3.8) is 0 Å². The number of nitrogens with one attached hydrogen (secondary N) is 1. The second-order valence-electron chi connectivity index (χ2n) is 8.39. The Hall–Kier alpha value is -3.59. The van der Waals surface area contributed by atoms with Gasteiger partial charge in [-0.3, -0.25) is 24.2 Å². The predicted octanol–water partition coefficient (Wildman–Crippen LogP) is 1.34. The van der Waals surface area contributed by atoms with E-state index in [1.165, 1.54) is 0 Å². The molecule has 9 heteroatoms. The van der Waals surface area contributed by atoms with Crippen LogP contribution in [0.25, 0.3) is 0 Å². The highest BCUT2D eigenvalue weighted by molar-refractivity contribution is 6.11. The molecule has 0 aliphatic carbocycles. The Labute approximate surface area is 191 Å². The Balaban J connectivity index is 1.19. The van der Waals surface area contributed by atoms with Gasteiger partial charge >= 0.3 is 0 Å². The molecule has 3 heterocycles. The van der Waals surface area contributed by atoms with Crippen LogP contribution in [0, 0.1) is 0 Å². The summed E-state index contributed by atoms with van der Waals surface area (Å²) in [6.07, 6.45) is -0.672. The summed E-state index contributed by atoms with van der Waals surface area (Å²) >= 11 is 0. The average molecular weight is 450 g/mol. The second-order valence-corrected chi connectivity index (χ2v) is 8.39. The minimum Gasteiger partial charge on any atom is -0.485 e. The minimum absolute atomic E-state index is 0.000863. The molecule has 0 bridgehead atoms. The number of benzene rings is 2. The first kappa shape index (κ1) is 21.3. The van der Waals surface area contributed by atoms with E-state index in [-0.39, 0.29) is 30.9 Å². The van der Waals surface area contributed by atoms with Gasteiger partial charge in [-0.15, -0.1) is 0 Å². The number of hydrogen-bond acceptors (Lipinski definition) is 6. The van der Waals surface area contributed by atoms with Crippen LogP contribution >= 0.6 is 0 Å². The van der Waals surface area contributed by atoms with Crippen molar-refractivity contribution < 1.29 is 23.9 Å². The number of anilines is 2. The first-order valence-corrected chi connectivity index (χ1v) is 11.1. The summed E-state index contributed by atoms with van der Waals surface area (Å²) in [6.45, 7) is 4.14. The molecule has 33 heavy (non-hydrogen) atoms. The summed E-state index contributed by atoms with van der Waals surface area (Å²) in [7, 11) is 0. The standard InChI is InChI=1S/C24H26N4O5/c1-16(23(30)28-14-22(29)25-17-6-2-3-7-18(17)28)26-10-12-27(13-11-26)24(31)21-15-32-19-8-4-5-9-20(19)33-21/h2-9,16,21H,10-15H2,1H3,(H,25,29)/t16-,21+/m1/s1. The lowest BCUT2D eigenvalue weighted by molar-refractivity contribution is -0.143. The van der Waals surface area contributed by atoms with Gasteiger partial charge in [0.25, 0.3) is 5.91 Å². The fraction of sp³-hybridized carbons (Fsp3) is 0.375. The average Bonchev–Trinajstić information content (AvgIpc) is 2.86. The summed E-state index contributed by atoms with van der Waals surface area (Å²) in [6, 6.07) is 14.2. The molecule has 3 amide bonds. The topological polar surface area (TPSA) is 91.4 Å². The van der Waals surface area contributed by atoms with E-state index in [0.717, 1.165) is 0 Å². The predicted molar refractivity (Wildman–Crippen MR) is 121 cm³/mol. The third kappa shape index (κ3) is 4.11.